The van der Waals surface area contributed by atoms with Gasteiger partial charge in [0.1, 0.15) is 30.7 Å². The summed E-state index contributed by atoms with van der Waals surface area (Å²) < 4.78 is 6.96. The minimum atomic E-state index is -1.50. The number of ether oxygens (including phenoxy) is 1. The zero-order valence-corrected chi connectivity index (χ0v) is 14.7. The van der Waals surface area contributed by atoms with Crippen molar-refractivity contribution in [3.05, 3.63) is 24.3 Å². The molecule has 5 atom stereocenters. The molecule has 0 bridgehead atoms. The fourth-order valence-electron chi connectivity index (χ4n) is 2.87. The molecule has 1 aliphatic heterocycles. The number of hydrogen-bond acceptors (Lipinski definition) is 10. The molecule has 0 amide bonds. The monoisotopic (exact) mass is 381 g/mol. The van der Waals surface area contributed by atoms with Gasteiger partial charge in [0.2, 0.25) is 0 Å². The van der Waals surface area contributed by atoms with Crippen molar-refractivity contribution < 1.29 is 30.3 Å². The van der Waals surface area contributed by atoms with E-state index in [2.05, 4.69) is 20.3 Å². The van der Waals surface area contributed by atoms with Crippen LogP contribution in [0.5, 0.6) is 0 Å². The van der Waals surface area contributed by atoms with E-state index in [1.807, 2.05) is 6.08 Å². The van der Waals surface area contributed by atoms with Gasteiger partial charge in [-0.1, -0.05) is 11.6 Å². The average Bonchev–Trinajstić information content (AvgIpc) is 3.11. The Labute approximate surface area is 154 Å². The van der Waals surface area contributed by atoms with Gasteiger partial charge < -0.3 is 35.6 Å². The van der Waals surface area contributed by atoms with Crippen LogP contribution < -0.4 is 5.32 Å². The van der Waals surface area contributed by atoms with E-state index in [9.17, 15) is 20.4 Å². The number of hydrogen-bond donors (Lipinski definition) is 6. The highest BCUT2D eigenvalue weighted by molar-refractivity contribution is 5.82. The van der Waals surface area contributed by atoms with Crippen LogP contribution in [0.1, 0.15) is 13.2 Å². The molecule has 3 rings (SSSR count). The molecule has 1 saturated heterocycles. The largest absolute Gasteiger partial charge is 0.394 e. The highest BCUT2D eigenvalue weighted by Gasteiger charge is 2.44. The van der Waals surface area contributed by atoms with E-state index >= 15 is 0 Å². The van der Waals surface area contributed by atoms with E-state index in [1.165, 1.54) is 17.2 Å². The van der Waals surface area contributed by atoms with Crippen molar-refractivity contribution in [1.29, 1.82) is 0 Å². The number of aliphatic hydroxyl groups is 5. The van der Waals surface area contributed by atoms with Crippen molar-refractivity contribution in [3.63, 3.8) is 0 Å². The summed E-state index contributed by atoms with van der Waals surface area (Å²) in [5.74, 6) is 0.449. The lowest BCUT2D eigenvalue weighted by Gasteiger charge is -2.40. The van der Waals surface area contributed by atoms with Crippen molar-refractivity contribution >= 4 is 17.0 Å². The lowest BCUT2D eigenvalue weighted by molar-refractivity contribution is -0.250. The number of aromatic nitrogens is 4. The van der Waals surface area contributed by atoms with Crippen LogP contribution in [0, 0.1) is 0 Å². The lowest BCUT2D eigenvalue weighted by Crippen LogP contribution is -2.56. The number of fused-ring (bicyclic) bond motifs is 1. The van der Waals surface area contributed by atoms with E-state index in [1.54, 1.807) is 6.92 Å². The standard InChI is InChI=1S/C16H23N5O6/c1-8(4-22)2-3-17-14-10-15(19-6-18-14)21(7-20-10)16-13(26)12(25)11(24)9(5-23)27-16/h2,6-7,9,11-13,16,22-26H,3-5H2,1H3,(H,17,18,19)/b8-2-/t9-,11-,12+,13-,16+/m0/s1. The Morgan fingerprint density at radius 3 is 2.67 bits per heavy atom. The van der Waals surface area contributed by atoms with Crippen molar-refractivity contribution in [2.24, 2.45) is 0 Å². The Bertz CT molecular complexity index is 810. The van der Waals surface area contributed by atoms with Crippen LogP contribution in [0.15, 0.2) is 24.3 Å². The summed E-state index contributed by atoms with van der Waals surface area (Å²) >= 11 is 0. The second-order valence-corrected chi connectivity index (χ2v) is 6.36. The zero-order chi connectivity index (χ0) is 19.6. The highest BCUT2D eigenvalue weighted by Crippen LogP contribution is 2.31. The van der Waals surface area contributed by atoms with E-state index in [4.69, 9.17) is 9.84 Å². The molecule has 1 aliphatic rings. The number of nitrogens with one attached hydrogen (secondary N) is 1. The number of aliphatic hydroxyl groups excluding tert-OH is 5. The fourth-order valence-corrected chi connectivity index (χ4v) is 2.87. The van der Waals surface area contributed by atoms with Crippen LogP contribution >= 0.6 is 0 Å². The van der Waals surface area contributed by atoms with Gasteiger partial charge in [0.15, 0.2) is 23.2 Å². The number of imidazole rings is 1. The number of nitrogens with zero attached hydrogens (tertiary/aromatic N) is 4. The molecule has 2 aromatic rings. The molecule has 1 fully saturated rings. The van der Waals surface area contributed by atoms with Gasteiger partial charge >= 0.3 is 0 Å². The topological polar surface area (TPSA) is 166 Å². The van der Waals surface area contributed by atoms with E-state index in [0.29, 0.717) is 23.5 Å². The van der Waals surface area contributed by atoms with Crippen LogP contribution in [-0.4, -0.2) is 89.2 Å². The molecule has 0 unspecified atom stereocenters. The quantitative estimate of drug-likeness (QED) is 0.313. The first-order valence-corrected chi connectivity index (χ1v) is 8.46. The van der Waals surface area contributed by atoms with Crippen molar-refractivity contribution in [2.45, 2.75) is 37.6 Å². The van der Waals surface area contributed by atoms with Crippen molar-refractivity contribution in [2.75, 3.05) is 25.1 Å². The molecule has 27 heavy (non-hydrogen) atoms. The van der Waals surface area contributed by atoms with Crippen LogP contribution in [0.25, 0.3) is 11.2 Å². The summed E-state index contributed by atoms with van der Waals surface area (Å²) in [5.41, 5.74) is 1.57. The van der Waals surface area contributed by atoms with Gasteiger partial charge in [-0.3, -0.25) is 4.57 Å². The first-order valence-electron chi connectivity index (χ1n) is 8.46. The molecule has 0 aliphatic carbocycles. The smallest absolute Gasteiger partial charge is 0.167 e. The number of anilines is 1. The first-order chi connectivity index (χ1) is 13.0. The Morgan fingerprint density at radius 2 is 1.96 bits per heavy atom. The molecule has 148 valence electrons. The lowest BCUT2D eigenvalue weighted by atomic mass is 9.98. The second-order valence-electron chi connectivity index (χ2n) is 6.36. The van der Waals surface area contributed by atoms with Crippen LogP contribution in [0.2, 0.25) is 0 Å². The Morgan fingerprint density at radius 1 is 1.19 bits per heavy atom. The molecule has 0 spiro atoms. The molecule has 2 aromatic heterocycles. The molecule has 0 radical (unpaired) electrons. The van der Waals surface area contributed by atoms with E-state index in [0.717, 1.165) is 5.57 Å². The molecule has 0 saturated carbocycles. The second kappa shape index (κ2) is 8.25. The Kier molecular flexibility index (Phi) is 5.99. The maximum atomic E-state index is 10.3. The predicted molar refractivity (Wildman–Crippen MR) is 93.7 cm³/mol. The predicted octanol–water partition coefficient (Wildman–Crippen LogP) is -1.85. The third kappa shape index (κ3) is 3.78. The average molecular weight is 381 g/mol. The van der Waals surface area contributed by atoms with Gasteiger partial charge in [-0.05, 0) is 6.92 Å². The third-order valence-corrected chi connectivity index (χ3v) is 4.47. The summed E-state index contributed by atoms with van der Waals surface area (Å²) in [7, 11) is 0. The Balaban J connectivity index is 1.89. The molecular formula is C16H23N5O6. The summed E-state index contributed by atoms with van der Waals surface area (Å²) in [6, 6.07) is 0. The van der Waals surface area contributed by atoms with Crippen molar-refractivity contribution in [1.82, 2.24) is 19.5 Å². The summed E-state index contributed by atoms with van der Waals surface area (Å²) in [6.45, 7) is 1.66. The summed E-state index contributed by atoms with van der Waals surface area (Å²) in [4.78, 5) is 12.6. The summed E-state index contributed by atoms with van der Waals surface area (Å²) in [6.07, 6.45) is -2.00. The molecule has 0 aromatic carbocycles. The normalized spacial score (nSPS) is 29.3. The fraction of sp³-hybridized carbons (Fsp3) is 0.562. The third-order valence-electron chi connectivity index (χ3n) is 4.47. The molecule has 6 N–H and O–H groups in total. The first kappa shape index (κ1) is 19.6. The Hall–Kier alpha value is -2.15. The van der Waals surface area contributed by atoms with Gasteiger partial charge in [0.05, 0.1) is 19.5 Å². The molecule has 3 heterocycles. The van der Waals surface area contributed by atoms with Gasteiger partial charge in [-0.15, -0.1) is 0 Å². The maximum Gasteiger partial charge on any atom is 0.167 e. The van der Waals surface area contributed by atoms with Crippen LogP contribution in [-0.2, 0) is 4.74 Å². The van der Waals surface area contributed by atoms with E-state index < -0.39 is 37.3 Å². The molecular weight excluding hydrogens is 358 g/mol. The molecule has 11 heteroatoms. The maximum absolute atomic E-state index is 10.3. The van der Waals surface area contributed by atoms with Gasteiger partial charge in [-0.2, -0.15) is 0 Å². The van der Waals surface area contributed by atoms with Gasteiger partial charge in [0.25, 0.3) is 0 Å². The van der Waals surface area contributed by atoms with Gasteiger partial charge in [0, 0.05) is 6.54 Å². The minimum absolute atomic E-state index is 0.0351. The minimum Gasteiger partial charge on any atom is -0.394 e. The highest BCUT2D eigenvalue weighted by atomic mass is 16.6. The van der Waals surface area contributed by atoms with E-state index in [-0.39, 0.29) is 6.61 Å². The van der Waals surface area contributed by atoms with Crippen LogP contribution in [0.4, 0.5) is 5.82 Å². The van der Waals surface area contributed by atoms with Crippen LogP contribution in [0.3, 0.4) is 0 Å². The SMILES string of the molecule is C/C(=C/CNc1ncnc2c1ncn2[C@@H]1O[C@@H](CO)[C@H](O)[C@@H](O)[C@@H]1O)CO. The van der Waals surface area contributed by atoms with Gasteiger partial charge in [-0.25, -0.2) is 15.0 Å². The summed E-state index contributed by atoms with van der Waals surface area (Å²) in [5, 5.41) is 51.6. The zero-order valence-electron chi connectivity index (χ0n) is 14.7. The molecule has 11 nitrogen and oxygen atoms in total. The van der Waals surface area contributed by atoms with Crippen molar-refractivity contribution in [3.8, 4) is 0 Å². The number of rotatable bonds is 6.